The Morgan fingerprint density at radius 2 is 1.76 bits per heavy atom. The van der Waals surface area contributed by atoms with Crippen molar-refractivity contribution in [2.45, 2.75) is 68.7 Å². The number of aliphatic hydroxyl groups excluding tert-OH is 3. The summed E-state index contributed by atoms with van der Waals surface area (Å²) in [6, 6.07) is -0.962. The Bertz CT molecular complexity index is 348. The number of hydrogen-bond acceptors (Lipinski definition) is 8. The van der Waals surface area contributed by atoms with E-state index >= 15 is 0 Å². The minimum atomic E-state index is -1.09. The van der Waals surface area contributed by atoms with E-state index in [2.05, 4.69) is 0 Å². The van der Waals surface area contributed by atoms with E-state index in [1.165, 1.54) is 0 Å². The normalized spacial score (nSPS) is 51.9. The van der Waals surface area contributed by atoms with E-state index in [4.69, 9.17) is 26.7 Å². The fourth-order valence-electron chi connectivity index (χ4n) is 3.07. The highest BCUT2D eigenvalue weighted by Gasteiger charge is 2.44. The summed E-state index contributed by atoms with van der Waals surface area (Å²) in [5.74, 6) is -0.102. The molecule has 0 radical (unpaired) electrons. The van der Waals surface area contributed by atoms with E-state index in [-0.39, 0.29) is 12.5 Å². The first kappa shape index (κ1) is 17.0. The van der Waals surface area contributed by atoms with Crippen molar-refractivity contribution in [1.82, 2.24) is 0 Å². The van der Waals surface area contributed by atoms with Crippen molar-refractivity contribution in [1.29, 1.82) is 0 Å². The standard InChI is InChI=1S/C13H27N3O5/c1-5-2-6(15)12(11(19)10(5)18)21-13-7(16)3-8(17)9(4-14)20-13/h5-13,17-19H,2-4,14-16H2,1H3. The van der Waals surface area contributed by atoms with Gasteiger partial charge >= 0.3 is 0 Å². The predicted octanol–water partition coefficient (Wildman–Crippen LogP) is -2.78. The molecule has 1 saturated carbocycles. The number of ether oxygens (including phenoxy) is 2. The fraction of sp³-hybridized carbons (Fsp3) is 1.00. The number of rotatable bonds is 3. The molecule has 0 amide bonds. The fourth-order valence-corrected chi connectivity index (χ4v) is 3.07. The first-order chi connectivity index (χ1) is 9.85. The van der Waals surface area contributed by atoms with Gasteiger partial charge in [-0.25, -0.2) is 0 Å². The van der Waals surface area contributed by atoms with E-state index in [9.17, 15) is 15.3 Å². The molecule has 0 bridgehead atoms. The van der Waals surface area contributed by atoms with Crippen molar-refractivity contribution in [2.24, 2.45) is 23.1 Å². The molecule has 9 unspecified atom stereocenters. The minimum Gasteiger partial charge on any atom is -0.390 e. The van der Waals surface area contributed by atoms with Crippen LogP contribution in [0.15, 0.2) is 0 Å². The first-order valence-corrected chi connectivity index (χ1v) is 7.41. The largest absolute Gasteiger partial charge is 0.390 e. The lowest BCUT2D eigenvalue weighted by atomic mass is 9.81. The summed E-state index contributed by atoms with van der Waals surface area (Å²) in [5, 5.41) is 29.9. The van der Waals surface area contributed by atoms with E-state index < -0.39 is 48.9 Å². The molecule has 2 fully saturated rings. The van der Waals surface area contributed by atoms with Gasteiger partial charge in [-0.15, -0.1) is 0 Å². The van der Waals surface area contributed by atoms with Crippen LogP contribution in [-0.4, -0.2) is 70.8 Å². The van der Waals surface area contributed by atoms with Crippen LogP contribution in [0, 0.1) is 5.92 Å². The van der Waals surface area contributed by atoms with Gasteiger partial charge in [0.2, 0.25) is 0 Å². The summed E-state index contributed by atoms with van der Waals surface area (Å²) in [6.07, 6.45) is -4.03. The molecule has 1 saturated heterocycles. The Morgan fingerprint density at radius 1 is 1.10 bits per heavy atom. The van der Waals surface area contributed by atoms with Crippen molar-refractivity contribution in [3.05, 3.63) is 0 Å². The van der Waals surface area contributed by atoms with Gasteiger partial charge in [0, 0.05) is 12.6 Å². The SMILES string of the molecule is CC1CC(N)C(OC2OC(CN)C(O)CC2N)C(O)C1O. The van der Waals surface area contributed by atoms with Gasteiger partial charge in [-0.1, -0.05) is 6.92 Å². The molecule has 9 N–H and O–H groups in total. The van der Waals surface area contributed by atoms with Gasteiger partial charge in [-0.05, 0) is 18.8 Å². The molecule has 8 heteroatoms. The third-order valence-electron chi connectivity index (χ3n) is 4.46. The zero-order chi connectivity index (χ0) is 15.7. The quantitative estimate of drug-likeness (QED) is 0.327. The van der Waals surface area contributed by atoms with E-state index in [1.54, 1.807) is 0 Å². The average molecular weight is 305 g/mol. The highest BCUT2D eigenvalue weighted by atomic mass is 16.7. The van der Waals surface area contributed by atoms with Crippen molar-refractivity contribution >= 4 is 0 Å². The molecule has 0 aromatic heterocycles. The Balaban J connectivity index is 2.02. The topological polar surface area (TPSA) is 157 Å². The zero-order valence-electron chi connectivity index (χ0n) is 12.2. The molecule has 2 rings (SSSR count). The summed E-state index contributed by atoms with van der Waals surface area (Å²) in [6.45, 7) is 1.97. The molecular formula is C13H27N3O5. The molecule has 0 spiro atoms. The van der Waals surface area contributed by atoms with Crippen LogP contribution in [0.1, 0.15) is 19.8 Å². The van der Waals surface area contributed by atoms with Crippen LogP contribution in [0.2, 0.25) is 0 Å². The third kappa shape index (κ3) is 3.54. The second kappa shape index (κ2) is 6.84. The lowest BCUT2D eigenvalue weighted by molar-refractivity contribution is -0.270. The second-order valence-electron chi connectivity index (χ2n) is 6.20. The van der Waals surface area contributed by atoms with Crippen LogP contribution in [0.25, 0.3) is 0 Å². The molecule has 2 aliphatic rings. The first-order valence-electron chi connectivity index (χ1n) is 7.41. The second-order valence-corrected chi connectivity index (χ2v) is 6.20. The number of nitrogens with two attached hydrogens (primary N) is 3. The van der Waals surface area contributed by atoms with Gasteiger partial charge in [0.25, 0.3) is 0 Å². The van der Waals surface area contributed by atoms with Crippen LogP contribution in [0.5, 0.6) is 0 Å². The van der Waals surface area contributed by atoms with Crippen LogP contribution in [0.4, 0.5) is 0 Å². The van der Waals surface area contributed by atoms with Gasteiger partial charge in [-0.2, -0.15) is 0 Å². The number of hydrogen-bond donors (Lipinski definition) is 6. The van der Waals surface area contributed by atoms with E-state index in [0.29, 0.717) is 12.8 Å². The summed E-state index contributed by atoms with van der Waals surface area (Å²) in [4.78, 5) is 0. The molecule has 1 aliphatic carbocycles. The summed E-state index contributed by atoms with van der Waals surface area (Å²) in [5.41, 5.74) is 17.5. The molecule has 21 heavy (non-hydrogen) atoms. The molecule has 8 nitrogen and oxygen atoms in total. The van der Waals surface area contributed by atoms with Gasteiger partial charge < -0.3 is 42.0 Å². The lowest BCUT2D eigenvalue weighted by Gasteiger charge is -2.44. The number of aliphatic hydroxyl groups is 3. The summed E-state index contributed by atoms with van der Waals surface area (Å²) in [7, 11) is 0. The van der Waals surface area contributed by atoms with Crippen molar-refractivity contribution in [3.63, 3.8) is 0 Å². The third-order valence-corrected chi connectivity index (χ3v) is 4.46. The van der Waals surface area contributed by atoms with Crippen LogP contribution < -0.4 is 17.2 Å². The van der Waals surface area contributed by atoms with E-state index in [1.807, 2.05) is 6.92 Å². The molecule has 0 aromatic carbocycles. The molecule has 0 aromatic rings. The van der Waals surface area contributed by atoms with E-state index in [0.717, 1.165) is 0 Å². The Labute approximate surface area is 124 Å². The van der Waals surface area contributed by atoms with Gasteiger partial charge in [-0.3, -0.25) is 0 Å². The van der Waals surface area contributed by atoms with Crippen molar-refractivity contribution < 1.29 is 24.8 Å². The van der Waals surface area contributed by atoms with Crippen LogP contribution >= 0.6 is 0 Å². The van der Waals surface area contributed by atoms with Gasteiger partial charge in [0.1, 0.15) is 12.2 Å². The molecule has 124 valence electrons. The zero-order valence-corrected chi connectivity index (χ0v) is 12.2. The van der Waals surface area contributed by atoms with Crippen molar-refractivity contribution in [2.75, 3.05) is 6.54 Å². The Kier molecular flexibility index (Phi) is 5.55. The Hall–Kier alpha value is -0.320. The highest BCUT2D eigenvalue weighted by Crippen LogP contribution is 2.29. The molecule has 1 heterocycles. The maximum Gasteiger partial charge on any atom is 0.173 e. The maximum atomic E-state index is 10.1. The molecule has 1 aliphatic heterocycles. The van der Waals surface area contributed by atoms with Crippen molar-refractivity contribution in [3.8, 4) is 0 Å². The maximum absolute atomic E-state index is 10.1. The Morgan fingerprint density at radius 3 is 2.38 bits per heavy atom. The van der Waals surface area contributed by atoms with Crippen LogP contribution in [0.3, 0.4) is 0 Å². The van der Waals surface area contributed by atoms with Crippen LogP contribution in [-0.2, 0) is 9.47 Å². The van der Waals surface area contributed by atoms with Gasteiger partial charge in [0.05, 0.1) is 24.4 Å². The summed E-state index contributed by atoms with van der Waals surface area (Å²) < 4.78 is 11.3. The monoisotopic (exact) mass is 305 g/mol. The summed E-state index contributed by atoms with van der Waals surface area (Å²) >= 11 is 0. The minimum absolute atomic E-state index is 0.102. The average Bonchev–Trinajstić information content (AvgIpc) is 2.43. The molecule has 9 atom stereocenters. The lowest BCUT2D eigenvalue weighted by Crippen LogP contribution is -2.61. The highest BCUT2D eigenvalue weighted by molar-refractivity contribution is 4.95. The smallest absolute Gasteiger partial charge is 0.173 e. The molecular weight excluding hydrogens is 278 g/mol. The van der Waals surface area contributed by atoms with Gasteiger partial charge in [0.15, 0.2) is 6.29 Å². The predicted molar refractivity (Wildman–Crippen MR) is 75.0 cm³/mol.